The van der Waals surface area contributed by atoms with Gasteiger partial charge in [-0.15, -0.1) is 0 Å². The van der Waals surface area contributed by atoms with Crippen LogP contribution in [0.1, 0.15) is 25.8 Å². The lowest BCUT2D eigenvalue weighted by Crippen LogP contribution is -2.28. The van der Waals surface area contributed by atoms with Crippen molar-refractivity contribution in [3.05, 3.63) is 38.3 Å². The number of hydrogen-bond acceptors (Lipinski definition) is 3. The van der Waals surface area contributed by atoms with Gasteiger partial charge in [0.15, 0.2) is 0 Å². The Morgan fingerprint density at radius 2 is 2.24 bits per heavy atom. The van der Waals surface area contributed by atoms with E-state index in [9.17, 15) is 10.1 Å². The smallest absolute Gasteiger partial charge is 0.272 e. The molecule has 94 valence electrons. The van der Waals surface area contributed by atoms with Gasteiger partial charge in [0.1, 0.15) is 0 Å². The van der Waals surface area contributed by atoms with Crippen LogP contribution in [-0.4, -0.2) is 17.5 Å². The molecule has 1 unspecified atom stereocenters. The lowest BCUT2D eigenvalue weighted by Gasteiger charge is -2.13. The molecule has 1 rings (SSSR count). The first kappa shape index (κ1) is 14.1. The standard InChI is InChI=1S/C12H17BrN2O2/c1-3-6-14-9(2)7-10-8-11(13)4-5-12(10)15(16)17/h4-5,8-9,14H,3,6-7H2,1-2H3. The molecule has 0 radical (unpaired) electrons. The lowest BCUT2D eigenvalue weighted by molar-refractivity contribution is -0.385. The van der Waals surface area contributed by atoms with Crippen LogP contribution in [-0.2, 0) is 6.42 Å². The second-order valence-electron chi connectivity index (χ2n) is 4.09. The lowest BCUT2D eigenvalue weighted by atomic mass is 10.1. The molecule has 1 atom stereocenters. The second-order valence-corrected chi connectivity index (χ2v) is 5.01. The average Bonchev–Trinajstić information content (AvgIpc) is 2.26. The van der Waals surface area contributed by atoms with Crippen LogP contribution < -0.4 is 5.32 Å². The Bertz CT molecular complexity index is 396. The minimum absolute atomic E-state index is 0.193. The molecule has 0 aromatic heterocycles. The van der Waals surface area contributed by atoms with Gasteiger partial charge in [-0.3, -0.25) is 10.1 Å². The topological polar surface area (TPSA) is 55.2 Å². The molecular weight excluding hydrogens is 284 g/mol. The maximum Gasteiger partial charge on any atom is 0.272 e. The molecule has 0 aliphatic heterocycles. The van der Waals surface area contributed by atoms with Gasteiger partial charge in [0, 0.05) is 22.1 Å². The molecule has 0 spiro atoms. The molecule has 0 aliphatic rings. The van der Waals surface area contributed by atoms with Crippen LogP contribution >= 0.6 is 15.9 Å². The molecular formula is C12H17BrN2O2. The average molecular weight is 301 g/mol. The van der Waals surface area contributed by atoms with Gasteiger partial charge in [0.2, 0.25) is 0 Å². The zero-order chi connectivity index (χ0) is 12.8. The molecule has 0 saturated heterocycles. The van der Waals surface area contributed by atoms with Crippen molar-refractivity contribution in [1.29, 1.82) is 0 Å². The summed E-state index contributed by atoms with van der Waals surface area (Å²) in [5, 5.41) is 14.2. The highest BCUT2D eigenvalue weighted by molar-refractivity contribution is 9.10. The summed E-state index contributed by atoms with van der Waals surface area (Å²) in [4.78, 5) is 10.6. The molecule has 17 heavy (non-hydrogen) atoms. The normalized spacial score (nSPS) is 12.4. The van der Waals surface area contributed by atoms with Crippen molar-refractivity contribution in [3.63, 3.8) is 0 Å². The molecule has 0 saturated carbocycles. The summed E-state index contributed by atoms with van der Waals surface area (Å²) in [5.41, 5.74) is 0.957. The third-order valence-electron chi connectivity index (χ3n) is 2.51. The first-order valence-electron chi connectivity index (χ1n) is 5.70. The van der Waals surface area contributed by atoms with E-state index in [1.165, 1.54) is 0 Å². The van der Waals surface area contributed by atoms with E-state index in [1.807, 2.05) is 13.0 Å². The van der Waals surface area contributed by atoms with Crippen LogP contribution in [0.25, 0.3) is 0 Å². The highest BCUT2D eigenvalue weighted by Gasteiger charge is 2.15. The van der Waals surface area contributed by atoms with E-state index in [2.05, 4.69) is 28.2 Å². The van der Waals surface area contributed by atoms with Crippen LogP contribution in [0.15, 0.2) is 22.7 Å². The fourth-order valence-corrected chi connectivity index (χ4v) is 2.10. The third-order valence-corrected chi connectivity index (χ3v) is 3.00. The van der Waals surface area contributed by atoms with Crippen molar-refractivity contribution in [2.75, 3.05) is 6.54 Å². The zero-order valence-corrected chi connectivity index (χ0v) is 11.7. The van der Waals surface area contributed by atoms with Gasteiger partial charge in [-0.2, -0.15) is 0 Å². The van der Waals surface area contributed by atoms with Crippen LogP contribution in [0.2, 0.25) is 0 Å². The van der Waals surface area contributed by atoms with E-state index >= 15 is 0 Å². The minimum atomic E-state index is -0.325. The zero-order valence-electron chi connectivity index (χ0n) is 10.1. The van der Waals surface area contributed by atoms with Crippen LogP contribution in [0.4, 0.5) is 5.69 Å². The van der Waals surface area contributed by atoms with Crippen molar-refractivity contribution in [1.82, 2.24) is 5.32 Å². The Balaban J connectivity index is 2.81. The number of benzene rings is 1. The summed E-state index contributed by atoms with van der Waals surface area (Å²) in [5.74, 6) is 0. The van der Waals surface area contributed by atoms with E-state index < -0.39 is 0 Å². The summed E-state index contributed by atoms with van der Waals surface area (Å²) < 4.78 is 0.876. The summed E-state index contributed by atoms with van der Waals surface area (Å²) in [6.45, 7) is 5.07. The largest absolute Gasteiger partial charge is 0.314 e. The molecule has 0 amide bonds. The predicted octanol–water partition coefficient (Wildman–Crippen LogP) is 3.29. The number of halogens is 1. The number of hydrogen-bond donors (Lipinski definition) is 1. The van der Waals surface area contributed by atoms with Gasteiger partial charge in [-0.05, 0) is 38.4 Å². The van der Waals surface area contributed by atoms with Gasteiger partial charge in [-0.1, -0.05) is 22.9 Å². The SMILES string of the molecule is CCCNC(C)Cc1cc(Br)ccc1[N+](=O)[O-]. The highest BCUT2D eigenvalue weighted by atomic mass is 79.9. The van der Waals surface area contributed by atoms with E-state index in [0.717, 1.165) is 23.0 Å². The minimum Gasteiger partial charge on any atom is -0.314 e. The molecule has 0 bridgehead atoms. The summed E-state index contributed by atoms with van der Waals surface area (Å²) in [7, 11) is 0. The number of nitro groups is 1. The molecule has 1 aromatic rings. The highest BCUT2D eigenvalue weighted by Crippen LogP contribution is 2.24. The van der Waals surface area contributed by atoms with Crippen LogP contribution in [0.5, 0.6) is 0 Å². The Morgan fingerprint density at radius 3 is 2.82 bits per heavy atom. The van der Waals surface area contributed by atoms with Gasteiger partial charge in [-0.25, -0.2) is 0 Å². The van der Waals surface area contributed by atoms with E-state index in [-0.39, 0.29) is 16.7 Å². The quantitative estimate of drug-likeness (QED) is 0.648. The van der Waals surface area contributed by atoms with Crippen molar-refractivity contribution >= 4 is 21.6 Å². The number of nitro benzene ring substituents is 1. The first-order chi connectivity index (χ1) is 8.04. The fraction of sp³-hybridized carbons (Fsp3) is 0.500. The Kier molecular flexibility index (Phi) is 5.58. The molecule has 0 heterocycles. The predicted molar refractivity (Wildman–Crippen MR) is 72.3 cm³/mol. The third kappa shape index (κ3) is 4.44. The van der Waals surface area contributed by atoms with E-state index in [0.29, 0.717) is 6.42 Å². The fourth-order valence-electron chi connectivity index (χ4n) is 1.69. The molecule has 0 aliphatic carbocycles. The Labute approximate surface area is 110 Å². The van der Waals surface area contributed by atoms with Gasteiger partial charge in [0.25, 0.3) is 5.69 Å². The number of nitrogens with one attached hydrogen (secondary N) is 1. The maximum absolute atomic E-state index is 10.9. The van der Waals surface area contributed by atoms with Gasteiger partial charge < -0.3 is 5.32 Å². The van der Waals surface area contributed by atoms with Gasteiger partial charge >= 0.3 is 0 Å². The second kappa shape index (κ2) is 6.71. The van der Waals surface area contributed by atoms with Crippen molar-refractivity contribution in [3.8, 4) is 0 Å². The van der Waals surface area contributed by atoms with E-state index in [1.54, 1.807) is 12.1 Å². The molecule has 1 N–H and O–H groups in total. The molecule has 5 heteroatoms. The van der Waals surface area contributed by atoms with Crippen molar-refractivity contribution in [2.24, 2.45) is 0 Å². The molecule has 1 aromatic carbocycles. The van der Waals surface area contributed by atoms with Crippen molar-refractivity contribution in [2.45, 2.75) is 32.7 Å². The van der Waals surface area contributed by atoms with Crippen LogP contribution in [0.3, 0.4) is 0 Å². The maximum atomic E-state index is 10.9. The Morgan fingerprint density at radius 1 is 1.53 bits per heavy atom. The van der Waals surface area contributed by atoms with Crippen LogP contribution in [0, 0.1) is 10.1 Å². The van der Waals surface area contributed by atoms with Crippen molar-refractivity contribution < 1.29 is 4.92 Å². The Hall–Kier alpha value is -0.940. The monoisotopic (exact) mass is 300 g/mol. The number of nitrogens with zero attached hydrogens (tertiary/aromatic N) is 1. The summed E-state index contributed by atoms with van der Waals surface area (Å²) >= 11 is 3.35. The van der Waals surface area contributed by atoms with Gasteiger partial charge in [0.05, 0.1) is 4.92 Å². The molecule has 0 fully saturated rings. The van der Waals surface area contributed by atoms with E-state index in [4.69, 9.17) is 0 Å². The molecule has 4 nitrogen and oxygen atoms in total. The summed E-state index contributed by atoms with van der Waals surface area (Å²) in [6, 6.07) is 5.31. The number of rotatable bonds is 6. The summed E-state index contributed by atoms with van der Waals surface area (Å²) in [6.07, 6.45) is 1.72. The first-order valence-corrected chi connectivity index (χ1v) is 6.50.